The molecule has 0 spiro atoms. The van der Waals surface area contributed by atoms with Gasteiger partial charge in [-0.25, -0.2) is 0 Å². The number of nitrogens with one attached hydrogen (secondary N) is 2. The minimum absolute atomic E-state index is 0.778. The Hall–Kier alpha value is -0.730. The van der Waals surface area contributed by atoms with Gasteiger partial charge >= 0.3 is 0 Å². The third-order valence-corrected chi connectivity index (χ3v) is 2.67. The molecule has 0 aromatic carbocycles. The summed E-state index contributed by atoms with van der Waals surface area (Å²) in [4.78, 5) is 4.16. The van der Waals surface area contributed by atoms with Crippen molar-refractivity contribution < 1.29 is 0 Å². The SMILES string of the molecule is CCCCC(CC)CNC(=NC)NCC. The zero-order valence-corrected chi connectivity index (χ0v) is 10.8. The van der Waals surface area contributed by atoms with Crippen LogP contribution in [-0.2, 0) is 0 Å². The van der Waals surface area contributed by atoms with Crippen LogP contribution in [0.5, 0.6) is 0 Å². The van der Waals surface area contributed by atoms with Crippen LogP contribution in [0.4, 0.5) is 0 Å². The molecular weight excluding hydrogens is 186 g/mol. The third kappa shape index (κ3) is 7.23. The summed E-state index contributed by atoms with van der Waals surface area (Å²) in [5.74, 6) is 1.70. The molecule has 0 aliphatic carbocycles. The molecular formula is C12H27N3. The molecule has 0 saturated heterocycles. The maximum atomic E-state index is 4.16. The van der Waals surface area contributed by atoms with Gasteiger partial charge in [0.25, 0.3) is 0 Å². The van der Waals surface area contributed by atoms with Crippen molar-refractivity contribution in [1.82, 2.24) is 10.6 Å². The first-order valence-electron chi connectivity index (χ1n) is 6.22. The number of hydrogen-bond donors (Lipinski definition) is 2. The lowest BCUT2D eigenvalue weighted by Gasteiger charge is -2.17. The molecule has 1 unspecified atom stereocenters. The van der Waals surface area contributed by atoms with Gasteiger partial charge < -0.3 is 10.6 Å². The first-order valence-corrected chi connectivity index (χ1v) is 6.22. The Balaban J connectivity index is 3.77. The van der Waals surface area contributed by atoms with E-state index < -0.39 is 0 Å². The van der Waals surface area contributed by atoms with Crippen LogP contribution < -0.4 is 10.6 Å². The summed E-state index contributed by atoms with van der Waals surface area (Å²) in [5.41, 5.74) is 0. The fraction of sp³-hybridized carbons (Fsp3) is 0.917. The second-order valence-corrected chi connectivity index (χ2v) is 3.90. The molecule has 90 valence electrons. The molecule has 3 nitrogen and oxygen atoms in total. The van der Waals surface area contributed by atoms with Crippen LogP contribution in [0, 0.1) is 5.92 Å². The molecule has 0 fully saturated rings. The topological polar surface area (TPSA) is 36.4 Å². The fourth-order valence-electron chi connectivity index (χ4n) is 1.57. The van der Waals surface area contributed by atoms with Gasteiger partial charge in [0.1, 0.15) is 0 Å². The molecule has 0 amide bonds. The van der Waals surface area contributed by atoms with Gasteiger partial charge in [-0.3, -0.25) is 4.99 Å². The van der Waals surface area contributed by atoms with E-state index in [2.05, 4.69) is 36.4 Å². The van der Waals surface area contributed by atoms with Gasteiger partial charge in [-0.15, -0.1) is 0 Å². The molecule has 0 aromatic rings. The lowest BCUT2D eigenvalue weighted by molar-refractivity contribution is 0.444. The minimum Gasteiger partial charge on any atom is -0.357 e. The largest absolute Gasteiger partial charge is 0.357 e. The predicted octanol–water partition coefficient (Wildman–Crippen LogP) is 2.39. The molecule has 0 aliphatic heterocycles. The van der Waals surface area contributed by atoms with E-state index in [1.54, 1.807) is 0 Å². The highest BCUT2D eigenvalue weighted by Gasteiger charge is 2.06. The van der Waals surface area contributed by atoms with Crippen LogP contribution in [0.3, 0.4) is 0 Å². The van der Waals surface area contributed by atoms with Gasteiger partial charge in [-0.05, 0) is 19.3 Å². The fourth-order valence-corrected chi connectivity index (χ4v) is 1.57. The highest BCUT2D eigenvalue weighted by atomic mass is 15.2. The van der Waals surface area contributed by atoms with Gasteiger partial charge in [-0.1, -0.05) is 33.1 Å². The monoisotopic (exact) mass is 213 g/mol. The van der Waals surface area contributed by atoms with E-state index in [0.29, 0.717) is 0 Å². The van der Waals surface area contributed by atoms with E-state index in [-0.39, 0.29) is 0 Å². The van der Waals surface area contributed by atoms with Gasteiger partial charge in [0.2, 0.25) is 0 Å². The lowest BCUT2D eigenvalue weighted by Crippen LogP contribution is -2.39. The van der Waals surface area contributed by atoms with Crippen molar-refractivity contribution in [3.05, 3.63) is 0 Å². The van der Waals surface area contributed by atoms with Crippen LogP contribution in [0.2, 0.25) is 0 Å². The molecule has 0 aromatic heterocycles. The van der Waals surface area contributed by atoms with Crippen molar-refractivity contribution in [1.29, 1.82) is 0 Å². The number of aliphatic imine (C=N–C) groups is 1. The smallest absolute Gasteiger partial charge is 0.190 e. The van der Waals surface area contributed by atoms with Crippen LogP contribution in [0.25, 0.3) is 0 Å². The Morgan fingerprint density at radius 1 is 1.20 bits per heavy atom. The summed E-state index contributed by atoms with van der Waals surface area (Å²) < 4.78 is 0. The summed E-state index contributed by atoms with van der Waals surface area (Å²) in [6, 6.07) is 0. The summed E-state index contributed by atoms with van der Waals surface area (Å²) in [7, 11) is 1.82. The number of unbranched alkanes of at least 4 members (excludes halogenated alkanes) is 1. The molecule has 0 aliphatic rings. The van der Waals surface area contributed by atoms with E-state index in [9.17, 15) is 0 Å². The predicted molar refractivity (Wildman–Crippen MR) is 68.3 cm³/mol. The van der Waals surface area contributed by atoms with Crippen molar-refractivity contribution in [3.63, 3.8) is 0 Å². The van der Waals surface area contributed by atoms with Gasteiger partial charge in [0.05, 0.1) is 0 Å². The second-order valence-electron chi connectivity index (χ2n) is 3.90. The van der Waals surface area contributed by atoms with Crippen molar-refractivity contribution in [2.24, 2.45) is 10.9 Å². The standard InChI is InChI=1S/C12H27N3/c1-5-8-9-11(6-2)10-15-12(13-4)14-7-3/h11H,5-10H2,1-4H3,(H2,13,14,15). The molecule has 0 heterocycles. The van der Waals surface area contributed by atoms with Crippen LogP contribution in [-0.4, -0.2) is 26.1 Å². The maximum absolute atomic E-state index is 4.16. The molecule has 2 N–H and O–H groups in total. The number of nitrogens with zero attached hydrogens (tertiary/aromatic N) is 1. The van der Waals surface area contributed by atoms with E-state index in [0.717, 1.165) is 25.0 Å². The Morgan fingerprint density at radius 2 is 1.93 bits per heavy atom. The summed E-state index contributed by atoms with van der Waals surface area (Å²) in [5, 5.41) is 6.58. The highest BCUT2D eigenvalue weighted by molar-refractivity contribution is 5.79. The summed E-state index contributed by atoms with van der Waals surface area (Å²) >= 11 is 0. The molecule has 3 heteroatoms. The van der Waals surface area contributed by atoms with E-state index in [4.69, 9.17) is 0 Å². The van der Waals surface area contributed by atoms with Crippen LogP contribution in [0.1, 0.15) is 46.5 Å². The van der Waals surface area contributed by atoms with Crippen molar-refractivity contribution in [3.8, 4) is 0 Å². The van der Waals surface area contributed by atoms with Crippen molar-refractivity contribution in [2.45, 2.75) is 46.5 Å². The molecule has 1 atom stereocenters. The maximum Gasteiger partial charge on any atom is 0.190 e. The van der Waals surface area contributed by atoms with Crippen LogP contribution in [0.15, 0.2) is 4.99 Å². The average molecular weight is 213 g/mol. The molecule has 15 heavy (non-hydrogen) atoms. The number of rotatable bonds is 7. The summed E-state index contributed by atoms with van der Waals surface area (Å²) in [6.45, 7) is 8.55. The molecule has 0 bridgehead atoms. The molecule has 0 radical (unpaired) electrons. The first-order chi connectivity index (χ1) is 7.28. The third-order valence-electron chi connectivity index (χ3n) is 2.67. The Morgan fingerprint density at radius 3 is 2.40 bits per heavy atom. The summed E-state index contributed by atoms with van der Waals surface area (Å²) in [6.07, 6.45) is 5.19. The van der Waals surface area contributed by atoms with Crippen molar-refractivity contribution >= 4 is 5.96 Å². The van der Waals surface area contributed by atoms with Gasteiger partial charge in [-0.2, -0.15) is 0 Å². The lowest BCUT2D eigenvalue weighted by atomic mass is 9.99. The number of guanidine groups is 1. The van der Waals surface area contributed by atoms with E-state index in [1.165, 1.54) is 25.7 Å². The Kier molecular flexibility index (Phi) is 9.33. The Labute approximate surface area is 94.7 Å². The average Bonchev–Trinajstić information content (AvgIpc) is 2.27. The zero-order valence-electron chi connectivity index (χ0n) is 10.8. The van der Waals surface area contributed by atoms with Crippen LogP contribution >= 0.6 is 0 Å². The zero-order chi connectivity index (χ0) is 11.5. The van der Waals surface area contributed by atoms with Gasteiger partial charge in [0.15, 0.2) is 5.96 Å². The number of hydrogen-bond acceptors (Lipinski definition) is 1. The van der Waals surface area contributed by atoms with Crippen molar-refractivity contribution in [2.75, 3.05) is 20.1 Å². The Bertz CT molecular complexity index is 166. The van der Waals surface area contributed by atoms with E-state index in [1.807, 2.05) is 7.05 Å². The molecule has 0 saturated carbocycles. The van der Waals surface area contributed by atoms with E-state index >= 15 is 0 Å². The minimum atomic E-state index is 0.778. The second kappa shape index (κ2) is 9.81. The van der Waals surface area contributed by atoms with Gasteiger partial charge in [0, 0.05) is 20.1 Å². The highest BCUT2D eigenvalue weighted by Crippen LogP contribution is 2.10. The first kappa shape index (κ1) is 14.3. The normalized spacial score (nSPS) is 13.7. The quantitative estimate of drug-likeness (QED) is 0.503. The molecule has 0 rings (SSSR count).